The van der Waals surface area contributed by atoms with Crippen LogP contribution in [0.3, 0.4) is 0 Å². The maximum absolute atomic E-state index is 10.7. The van der Waals surface area contributed by atoms with Gasteiger partial charge >= 0.3 is 0 Å². The Kier molecular flexibility index (Phi) is 3.39. The Morgan fingerprint density at radius 2 is 1.89 bits per heavy atom. The third kappa shape index (κ3) is 2.50. The molecule has 0 heterocycles. The highest BCUT2D eigenvalue weighted by molar-refractivity contribution is 5.34. The van der Waals surface area contributed by atoms with Gasteiger partial charge in [-0.1, -0.05) is 39.8 Å². The summed E-state index contributed by atoms with van der Waals surface area (Å²) in [5.41, 5.74) is 1.88. The maximum atomic E-state index is 10.7. The largest absolute Gasteiger partial charge is 0.312 e. The first kappa shape index (κ1) is 14.0. The first-order valence-corrected chi connectivity index (χ1v) is 6.71. The minimum atomic E-state index is -0.351. The lowest BCUT2D eigenvalue weighted by atomic mass is 10.0. The number of hydrogen-bond acceptors (Lipinski definition) is 3. The molecule has 1 aliphatic carbocycles. The monoisotopic (exact) mass is 262 g/mol. The Hall–Kier alpha value is -1.42. The quantitative estimate of drug-likeness (QED) is 0.654. The fraction of sp³-hybridized carbons (Fsp3) is 0.600. The zero-order chi connectivity index (χ0) is 14.3. The Balaban J connectivity index is 1.87. The molecule has 1 N–H and O–H groups in total. The summed E-state index contributed by atoms with van der Waals surface area (Å²) in [5, 5.41) is 14.1. The minimum absolute atomic E-state index is 0.159. The molecule has 2 rings (SSSR count). The van der Waals surface area contributed by atoms with Gasteiger partial charge in [0.1, 0.15) is 0 Å². The average molecular weight is 262 g/mol. The minimum Gasteiger partial charge on any atom is -0.312 e. The van der Waals surface area contributed by atoms with E-state index >= 15 is 0 Å². The SMILES string of the molecule is CC1(C)C(CNCc2cccc([N+](=O)[O-])c2)C1(C)C. The first-order valence-electron chi connectivity index (χ1n) is 6.71. The molecule has 104 valence electrons. The van der Waals surface area contributed by atoms with Crippen LogP contribution < -0.4 is 5.32 Å². The number of hydrogen-bond donors (Lipinski definition) is 1. The van der Waals surface area contributed by atoms with E-state index in [4.69, 9.17) is 0 Å². The lowest BCUT2D eigenvalue weighted by molar-refractivity contribution is -0.384. The average Bonchev–Trinajstić information content (AvgIpc) is 2.72. The number of rotatable bonds is 5. The summed E-state index contributed by atoms with van der Waals surface area (Å²) in [6, 6.07) is 6.82. The molecule has 0 radical (unpaired) electrons. The van der Waals surface area contributed by atoms with Crippen molar-refractivity contribution >= 4 is 5.69 Å². The summed E-state index contributed by atoms with van der Waals surface area (Å²) in [7, 11) is 0. The van der Waals surface area contributed by atoms with Crippen molar-refractivity contribution in [2.24, 2.45) is 16.7 Å². The van der Waals surface area contributed by atoms with Gasteiger partial charge in [-0.05, 0) is 28.9 Å². The van der Waals surface area contributed by atoms with E-state index < -0.39 is 0 Å². The smallest absolute Gasteiger partial charge is 0.269 e. The van der Waals surface area contributed by atoms with Crippen molar-refractivity contribution in [1.29, 1.82) is 0 Å². The summed E-state index contributed by atoms with van der Waals surface area (Å²) in [6.07, 6.45) is 0. The van der Waals surface area contributed by atoms with Crippen LogP contribution in [0.2, 0.25) is 0 Å². The second-order valence-corrected chi connectivity index (χ2v) is 6.55. The van der Waals surface area contributed by atoms with E-state index in [0.29, 0.717) is 23.3 Å². The van der Waals surface area contributed by atoms with Crippen LogP contribution in [0.5, 0.6) is 0 Å². The zero-order valence-corrected chi connectivity index (χ0v) is 12.1. The summed E-state index contributed by atoms with van der Waals surface area (Å²) >= 11 is 0. The Morgan fingerprint density at radius 1 is 1.26 bits per heavy atom. The zero-order valence-electron chi connectivity index (χ0n) is 12.1. The fourth-order valence-electron chi connectivity index (χ4n) is 2.98. The van der Waals surface area contributed by atoms with Crippen LogP contribution >= 0.6 is 0 Å². The van der Waals surface area contributed by atoms with E-state index in [2.05, 4.69) is 33.0 Å². The van der Waals surface area contributed by atoms with Gasteiger partial charge in [-0.25, -0.2) is 0 Å². The van der Waals surface area contributed by atoms with Crippen LogP contribution in [-0.2, 0) is 6.54 Å². The molecule has 1 aromatic rings. The standard InChI is InChI=1S/C15H22N2O2/c1-14(2)13(15(14,3)4)10-16-9-11-6-5-7-12(8-11)17(18)19/h5-8,13,16H,9-10H2,1-4H3. The molecule has 0 aromatic heterocycles. The van der Waals surface area contributed by atoms with Crippen LogP contribution in [0.15, 0.2) is 24.3 Å². The Bertz CT molecular complexity index is 481. The highest BCUT2D eigenvalue weighted by atomic mass is 16.6. The molecule has 1 aliphatic rings. The summed E-state index contributed by atoms with van der Waals surface area (Å²) in [5.74, 6) is 0.665. The normalized spacial score (nSPS) is 20.2. The molecule has 1 aromatic carbocycles. The predicted molar refractivity (Wildman–Crippen MR) is 75.9 cm³/mol. The molecule has 0 bridgehead atoms. The molecule has 0 unspecified atom stereocenters. The predicted octanol–water partition coefficient (Wildman–Crippen LogP) is 3.37. The number of nitro groups is 1. The second kappa shape index (κ2) is 4.60. The number of nitrogens with zero attached hydrogens (tertiary/aromatic N) is 1. The Morgan fingerprint density at radius 3 is 2.42 bits per heavy atom. The van der Waals surface area contributed by atoms with Crippen molar-refractivity contribution in [3.8, 4) is 0 Å². The summed E-state index contributed by atoms with van der Waals surface area (Å²) in [4.78, 5) is 10.4. The molecular weight excluding hydrogens is 240 g/mol. The topological polar surface area (TPSA) is 55.2 Å². The fourth-order valence-corrected chi connectivity index (χ4v) is 2.98. The van der Waals surface area contributed by atoms with Gasteiger partial charge in [0, 0.05) is 18.7 Å². The van der Waals surface area contributed by atoms with Crippen molar-refractivity contribution < 1.29 is 4.92 Å². The van der Waals surface area contributed by atoms with Crippen LogP contribution in [0.25, 0.3) is 0 Å². The molecule has 0 spiro atoms. The van der Waals surface area contributed by atoms with E-state index in [1.807, 2.05) is 6.07 Å². The van der Waals surface area contributed by atoms with Gasteiger partial charge < -0.3 is 5.32 Å². The number of nitrogens with one attached hydrogen (secondary N) is 1. The summed E-state index contributed by atoms with van der Waals surface area (Å²) < 4.78 is 0. The van der Waals surface area contributed by atoms with Crippen molar-refractivity contribution in [1.82, 2.24) is 5.32 Å². The van der Waals surface area contributed by atoms with Crippen molar-refractivity contribution in [2.45, 2.75) is 34.2 Å². The highest BCUT2D eigenvalue weighted by Crippen LogP contribution is 2.67. The molecule has 0 saturated heterocycles. The van der Waals surface area contributed by atoms with Gasteiger partial charge in [0.05, 0.1) is 4.92 Å². The van der Waals surface area contributed by atoms with Crippen LogP contribution in [-0.4, -0.2) is 11.5 Å². The molecule has 0 atom stereocenters. The first-order chi connectivity index (χ1) is 8.76. The molecule has 0 amide bonds. The van der Waals surface area contributed by atoms with Crippen LogP contribution in [0, 0.1) is 26.9 Å². The van der Waals surface area contributed by atoms with Gasteiger partial charge in [0.25, 0.3) is 5.69 Å². The van der Waals surface area contributed by atoms with Gasteiger partial charge in [-0.15, -0.1) is 0 Å². The third-order valence-electron chi connectivity index (χ3n) is 5.12. The number of nitro benzene ring substituents is 1. The van der Waals surface area contributed by atoms with Gasteiger partial charge in [-0.2, -0.15) is 0 Å². The maximum Gasteiger partial charge on any atom is 0.269 e. The van der Waals surface area contributed by atoms with Crippen molar-refractivity contribution in [3.05, 3.63) is 39.9 Å². The molecule has 4 heteroatoms. The van der Waals surface area contributed by atoms with Gasteiger partial charge in [0.15, 0.2) is 0 Å². The van der Waals surface area contributed by atoms with Gasteiger partial charge in [-0.3, -0.25) is 10.1 Å². The third-order valence-corrected chi connectivity index (χ3v) is 5.12. The number of benzene rings is 1. The van der Waals surface area contributed by atoms with E-state index in [1.165, 1.54) is 6.07 Å². The lowest BCUT2D eigenvalue weighted by Gasteiger charge is -2.06. The Labute approximate surface area is 114 Å². The van der Waals surface area contributed by atoms with Crippen LogP contribution in [0.4, 0.5) is 5.69 Å². The molecular formula is C15H22N2O2. The van der Waals surface area contributed by atoms with E-state index in [0.717, 1.165) is 12.1 Å². The molecule has 1 fully saturated rings. The molecule has 0 aliphatic heterocycles. The molecule has 19 heavy (non-hydrogen) atoms. The van der Waals surface area contributed by atoms with E-state index in [-0.39, 0.29) is 10.6 Å². The van der Waals surface area contributed by atoms with Gasteiger partial charge in [0.2, 0.25) is 0 Å². The highest BCUT2D eigenvalue weighted by Gasteiger charge is 2.63. The van der Waals surface area contributed by atoms with E-state index in [9.17, 15) is 10.1 Å². The second-order valence-electron chi connectivity index (χ2n) is 6.55. The van der Waals surface area contributed by atoms with Crippen molar-refractivity contribution in [3.63, 3.8) is 0 Å². The molecule has 1 saturated carbocycles. The lowest BCUT2D eigenvalue weighted by Crippen LogP contribution is -2.18. The van der Waals surface area contributed by atoms with Crippen molar-refractivity contribution in [2.75, 3.05) is 6.54 Å². The summed E-state index contributed by atoms with van der Waals surface area (Å²) in [6.45, 7) is 10.8. The molecule has 4 nitrogen and oxygen atoms in total. The number of non-ortho nitro benzene ring substituents is 1. The van der Waals surface area contributed by atoms with Crippen LogP contribution in [0.1, 0.15) is 33.3 Å². The van der Waals surface area contributed by atoms with E-state index in [1.54, 1.807) is 12.1 Å².